The molecule has 1 saturated carbocycles. The zero-order valence-electron chi connectivity index (χ0n) is 22.3. The molecule has 5 rings (SSSR count). The number of rotatable bonds is 7. The number of amides is 1. The molecule has 1 amide bonds. The summed E-state index contributed by atoms with van der Waals surface area (Å²) in [4.78, 5) is 26.9. The zero-order valence-corrected chi connectivity index (χ0v) is 23.0. The standard InChI is InChI=1S/C29H38ClFN4O3/c1-18-15-25(36)27-26(18)28(33-17-32-27)34-11-13-35(14-12-34)29(37)22(20-6-10-23(30)24(31)16-20)9-5-19-3-7-21(38-2)8-4-19/h6,10,16-19,21-22,25,36H,3-5,7-9,11-15H2,1-2H3/t18-,19-,21-,22-,25-/m1/s1. The molecule has 3 aliphatic rings. The van der Waals surface area contributed by atoms with Crippen LogP contribution in [0.3, 0.4) is 0 Å². The summed E-state index contributed by atoms with van der Waals surface area (Å²) in [6, 6.07) is 4.78. The van der Waals surface area contributed by atoms with Gasteiger partial charge in [-0.1, -0.05) is 24.6 Å². The molecule has 1 aromatic carbocycles. The van der Waals surface area contributed by atoms with Crippen LogP contribution in [0.1, 0.15) is 86.6 Å². The Morgan fingerprint density at radius 2 is 1.92 bits per heavy atom. The normalized spacial score (nSPS) is 26.3. The second-order valence-corrected chi connectivity index (χ2v) is 11.6. The van der Waals surface area contributed by atoms with Crippen LogP contribution in [0.25, 0.3) is 0 Å². The van der Waals surface area contributed by atoms with E-state index in [1.807, 2.05) is 4.90 Å². The minimum Gasteiger partial charge on any atom is -0.387 e. The van der Waals surface area contributed by atoms with Crippen LogP contribution in [-0.4, -0.2) is 65.3 Å². The maximum Gasteiger partial charge on any atom is 0.230 e. The van der Waals surface area contributed by atoms with Crippen molar-refractivity contribution < 1.29 is 19.0 Å². The Labute approximate surface area is 229 Å². The summed E-state index contributed by atoms with van der Waals surface area (Å²) in [5, 5.41) is 10.4. The number of anilines is 1. The topological polar surface area (TPSA) is 78.8 Å². The van der Waals surface area contributed by atoms with E-state index >= 15 is 0 Å². The average molecular weight is 545 g/mol. The van der Waals surface area contributed by atoms with Crippen molar-refractivity contribution in [2.24, 2.45) is 5.92 Å². The van der Waals surface area contributed by atoms with Crippen molar-refractivity contribution in [2.75, 3.05) is 38.2 Å². The van der Waals surface area contributed by atoms with Crippen molar-refractivity contribution in [1.82, 2.24) is 14.9 Å². The van der Waals surface area contributed by atoms with E-state index in [1.54, 1.807) is 19.2 Å². The Morgan fingerprint density at radius 1 is 1.18 bits per heavy atom. The maximum absolute atomic E-state index is 14.4. The van der Waals surface area contributed by atoms with E-state index < -0.39 is 17.8 Å². The van der Waals surface area contributed by atoms with Crippen LogP contribution in [-0.2, 0) is 9.53 Å². The Bertz CT molecular complexity index is 1130. The highest BCUT2D eigenvalue weighted by atomic mass is 35.5. The van der Waals surface area contributed by atoms with Gasteiger partial charge in [-0.15, -0.1) is 0 Å². The van der Waals surface area contributed by atoms with Crippen LogP contribution in [0.5, 0.6) is 0 Å². The number of piperazine rings is 1. The summed E-state index contributed by atoms with van der Waals surface area (Å²) >= 11 is 5.96. The first-order valence-corrected chi connectivity index (χ1v) is 14.3. The van der Waals surface area contributed by atoms with Crippen LogP contribution in [0, 0.1) is 11.7 Å². The third-order valence-electron chi connectivity index (χ3n) is 8.80. The first kappa shape index (κ1) is 27.3. The van der Waals surface area contributed by atoms with Gasteiger partial charge in [0.15, 0.2) is 0 Å². The number of fused-ring (bicyclic) bond motifs is 1. The zero-order chi connectivity index (χ0) is 26.8. The second kappa shape index (κ2) is 11.8. The molecule has 1 aliphatic heterocycles. The smallest absolute Gasteiger partial charge is 0.230 e. The van der Waals surface area contributed by atoms with Gasteiger partial charge in [-0.3, -0.25) is 4.79 Å². The van der Waals surface area contributed by atoms with E-state index in [0.29, 0.717) is 56.6 Å². The van der Waals surface area contributed by atoms with Gasteiger partial charge in [0.05, 0.1) is 28.8 Å². The van der Waals surface area contributed by atoms with Gasteiger partial charge < -0.3 is 19.6 Å². The lowest BCUT2D eigenvalue weighted by molar-refractivity contribution is -0.133. The van der Waals surface area contributed by atoms with Gasteiger partial charge in [0.25, 0.3) is 0 Å². The molecular weight excluding hydrogens is 507 g/mol. The first-order valence-electron chi connectivity index (χ1n) is 13.9. The molecule has 2 fully saturated rings. The number of carbonyl (C=O) groups is 1. The fraction of sp³-hybridized carbons (Fsp3) is 0.621. The summed E-state index contributed by atoms with van der Waals surface area (Å²) in [5.74, 6) is 0.790. The predicted molar refractivity (Wildman–Crippen MR) is 145 cm³/mol. The Hall–Kier alpha value is -2.29. The fourth-order valence-corrected chi connectivity index (χ4v) is 6.65. The first-order chi connectivity index (χ1) is 18.4. The number of aromatic nitrogens is 2. The average Bonchev–Trinajstić information content (AvgIpc) is 3.24. The van der Waals surface area contributed by atoms with E-state index in [9.17, 15) is 14.3 Å². The van der Waals surface area contributed by atoms with E-state index in [-0.39, 0.29) is 16.8 Å². The van der Waals surface area contributed by atoms with Gasteiger partial charge in [0.1, 0.15) is 18.0 Å². The van der Waals surface area contributed by atoms with E-state index in [1.165, 1.54) is 12.4 Å². The Morgan fingerprint density at radius 3 is 2.61 bits per heavy atom. The van der Waals surface area contributed by atoms with Gasteiger partial charge >= 0.3 is 0 Å². The van der Waals surface area contributed by atoms with E-state index in [2.05, 4.69) is 21.8 Å². The molecule has 1 saturated heterocycles. The molecule has 206 valence electrons. The van der Waals surface area contributed by atoms with Gasteiger partial charge in [-0.05, 0) is 74.5 Å². The number of ether oxygens (including phenoxy) is 1. The van der Waals surface area contributed by atoms with E-state index in [4.69, 9.17) is 16.3 Å². The Kier molecular flexibility index (Phi) is 8.50. The van der Waals surface area contributed by atoms with Crippen molar-refractivity contribution >= 4 is 23.3 Å². The fourth-order valence-electron chi connectivity index (χ4n) is 6.53. The van der Waals surface area contributed by atoms with Crippen molar-refractivity contribution in [3.8, 4) is 0 Å². The van der Waals surface area contributed by atoms with Gasteiger partial charge in [0.2, 0.25) is 5.91 Å². The van der Waals surface area contributed by atoms with Crippen molar-refractivity contribution in [3.63, 3.8) is 0 Å². The number of halogens is 2. The molecule has 0 bridgehead atoms. The SMILES string of the molecule is CO[C@H]1CC[C@H](CC[C@@H](C(=O)N2CCN(c3ncnc4c3[C@H](C)C[C@H]4O)CC2)c2ccc(Cl)c(F)c2)CC1. The van der Waals surface area contributed by atoms with E-state index in [0.717, 1.165) is 49.2 Å². The molecule has 38 heavy (non-hydrogen) atoms. The van der Waals surface area contributed by atoms with Crippen LogP contribution in [0.2, 0.25) is 5.02 Å². The summed E-state index contributed by atoms with van der Waals surface area (Å²) in [6.07, 6.45) is 7.92. The van der Waals surface area contributed by atoms with Crippen LogP contribution in [0.4, 0.5) is 10.2 Å². The van der Waals surface area contributed by atoms with Crippen LogP contribution in [0.15, 0.2) is 24.5 Å². The number of benzene rings is 1. The summed E-state index contributed by atoms with van der Waals surface area (Å²) in [6.45, 7) is 4.54. The molecule has 0 radical (unpaired) electrons. The molecule has 0 spiro atoms. The van der Waals surface area contributed by atoms with Crippen LogP contribution < -0.4 is 4.90 Å². The molecule has 9 heteroatoms. The number of carbonyl (C=O) groups excluding carboxylic acids is 1. The highest BCUT2D eigenvalue weighted by Crippen LogP contribution is 2.43. The lowest BCUT2D eigenvalue weighted by atomic mass is 9.81. The molecule has 3 atom stereocenters. The third kappa shape index (κ3) is 5.68. The highest BCUT2D eigenvalue weighted by Gasteiger charge is 2.35. The van der Waals surface area contributed by atoms with Crippen molar-refractivity contribution in [2.45, 2.75) is 75.9 Å². The quantitative estimate of drug-likeness (QED) is 0.514. The molecule has 7 nitrogen and oxygen atoms in total. The molecule has 2 aliphatic carbocycles. The molecule has 2 aromatic rings. The minimum atomic E-state index is -0.547. The summed E-state index contributed by atoms with van der Waals surface area (Å²) in [5.41, 5.74) is 2.45. The number of methoxy groups -OCH3 is 1. The highest BCUT2D eigenvalue weighted by molar-refractivity contribution is 6.30. The van der Waals surface area contributed by atoms with Gasteiger partial charge in [-0.25, -0.2) is 14.4 Å². The molecular formula is C29H38ClFN4O3. The molecule has 0 unspecified atom stereocenters. The monoisotopic (exact) mass is 544 g/mol. The lowest BCUT2D eigenvalue weighted by Gasteiger charge is -2.38. The molecule has 1 aromatic heterocycles. The van der Waals surface area contributed by atoms with Crippen molar-refractivity contribution in [1.29, 1.82) is 0 Å². The Balaban J connectivity index is 1.27. The third-order valence-corrected chi connectivity index (χ3v) is 9.11. The van der Waals surface area contributed by atoms with Gasteiger partial charge in [-0.2, -0.15) is 0 Å². The number of aliphatic hydroxyl groups excluding tert-OH is 1. The number of hydrogen-bond donors (Lipinski definition) is 1. The van der Waals surface area contributed by atoms with Gasteiger partial charge in [0, 0.05) is 38.9 Å². The lowest BCUT2D eigenvalue weighted by Crippen LogP contribution is -2.50. The molecule has 1 N–H and O–H groups in total. The minimum absolute atomic E-state index is 0.0497. The van der Waals surface area contributed by atoms with Crippen LogP contribution >= 0.6 is 11.6 Å². The largest absolute Gasteiger partial charge is 0.387 e. The maximum atomic E-state index is 14.4. The number of nitrogens with zero attached hydrogens (tertiary/aromatic N) is 4. The molecule has 2 heterocycles. The number of hydrogen-bond acceptors (Lipinski definition) is 6. The summed E-state index contributed by atoms with van der Waals surface area (Å²) in [7, 11) is 1.77. The van der Waals surface area contributed by atoms with Crippen molar-refractivity contribution in [3.05, 3.63) is 52.2 Å². The number of aliphatic hydroxyl groups is 1. The summed E-state index contributed by atoms with van der Waals surface area (Å²) < 4.78 is 19.9. The predicted octanol–water partition coefficient (Wildman–Crippen LogP) is 5.23. The second-order valence-electron chi connectivity index (χ2n) is 11.1.